The molecule has 2 aromatic rings. The molecular formula is C13H12N2O6. The third-order valence-electron chi connectivity index (χ3n) is 3.60. The molecule has 1 aromatic heterocycles. The van der Waals surface area contributed by atoms with Gasteiger partial charge in [0.15, 0.2) is 5.58 Å². The fourth-order valence-electron chi connectivity index (χ4n) is 2.44. The summed E-state index contributed by atoms with van der Waals surface area (Å²) in [5.74, 6) is -1.27. The van der Waals surface area contributed by atoms with E-state index in [1.807, 2.05) is 0 Å². The fraction of sp³-hybridized carbons (Fsp3) is 0.385. The van der Waals surface area contributed by atoms with Gasteiger partial charge in [0, 0.05) is 12.1 Å². The Kier molecular flexibility index (Phi) is 3.00. The van der Waals surface area contributed by atoms with Gasteiger partial charge in [-0.05, 0) is 24.8 Å². The predicted octanol–water partition coefficient (Wildman–Crippen LogP) is 1.63. The van der Waals surface area contributed by atoms with E-state index < -0.39 is 22.7 Å². The van der Waals surface area contributed by atoms with E-state index in [1.165, 1.54) is 25.3 Å². The quantitative estimate of drug-likeness (QED) is 0.482. The van der Waals surface area contributed by atoms with Crippen LogP contribution in [0, 0.1) is 16.0 Å². The van der Waals surface area contributed by atoms with E-state index in [0.717, 1.165) is 17.4 Å². The molecule has 1 aromatic carbocycles. The van der Waals surface area contributed by atoms with Crippen molar-refractivity contribution in [3.8, 4) is 0 Å². The van der Waals surface area contributed by atoms with Crippen molar-refractivity contribution in [3.63, 3.8) is 0 Å². The molecule has 1 heterocycles. The van der Waals surface area contributed by atoms with Crippen molar-refractivity contribution >= 4 is 22.8 Å². The van der Waals surface area contributed by atoms with E-state index in [4.69, 9.17) is 9.15 Å². The summed E-state index contributed by atoms with van der Waals surface area (Å²) >= 11 is 0. The van der Waals surface area contributed by atoms with Crippen LogP contribution in [0.3, 0.4) is 0 Å². The summed E-state index contributed by atoms with van der Waals surface area (Å²) in [7, 11) is 1.24. The predicted molar refractivity (Wildman–Crippen MR) is 70.9 cm³/mol. The van der Waals surface area contributed by atoms with Crippen LogP contribution in [0.25, 0.3) is 11.1 Å². The van der Waals surface area contributed by atoms with Gasteiger partial charge in [-0.15, -0.1) is 0 Å². The lowest BCUT2D eigenvalue weighted by molar-refractivity contribution is -0.384. The van der Waals surface area contributed by atoms with E-state index in [1.54, 1.807) is 0 Å². The maximum Gasteiger partial charge on any atom is 0.420 e. The van der Waals surface area contributed by atoms with Gasteiger partial charge in [0.2, 0.25) is 0 Å². The molecule has 1 fully saturated rings. The topological polar surface area (TPSA) is 105 Å². The van der Waals surface area contributed by atoms with Crippen molar-refractivity contribution in [3.05, 3.63) is 38.9 Å². The number of esters is 1. The normalized spacial score (nSPS) is 15.9. The maximum absolute atomic E-state index is 12.0. The Morgan fingerprint density at radius 3 is 2.81 bits per heavy atom. The molecule has 0 radical (unpaired) electrons. The molecule has 0 N–H and O–H groups in total. The van der Waals surface area contributed by atoms with Crippen molar-refractivity contribution in [1.82, 2.24) is 4.57 Å². The Morgan fingerprint density at radius 2 is 2.24 bits per heavy atom. The van der Waals surface area contributed by atoms with Crippen LogP contribution >= 0.6 is 0 Å². The van der Waals surface area contributed by atoms with Crippen molar-refractivity contribution in [2.24, 2.45) is 5.92 Å². The number of rotatable bonds is 4. The summed E-state index contributed by atoms with van der Waals surface area (Å²) in [6.45, 7) is 0. The molecule has 0 saturated heterocycles. The lowest BCUT2D eigenvalue weighted by Crippen LogP contribution is -2.29. The number of nitrogens with zero attached hydrogens (tertiary/aromatic N) is 2. The largest absolute Gasteiger partial charge is 0.467 e. The summed E-state index contributed by atoms with van der Waals surface area (Å²) in [6.07, 6.45) is 1.60. The van der Waals surface area contributed by atoms with Gasteiger partial charge < -0.3 is 9.15 Å². The minimum absolute atomic E-state index is 0.00443. The van der Waals surface area contributed by atoms with Gasteiger partial charge in [-0.3, -0.25) is 14.7 Å². The molecule has 1 atom stereocenters. The van der Waals surface area contributed by atoms with Gasteiger partial charge in [0.25, 0.3) is 5.69 Å². The average Bonchev–Trinajstić information content (AvgIpc) is 3.23. The lowest BCUT2D eigenvalue weighted by atomic mass is 10.1. The monoisotopic (exact) mass is 292 g/mol. The Morgan fingerprint density at radius 1 is 1.52 bits per heavy atom. The van der Waals surface area contributed by atoms with Crippen LogP contribution in [0.2, 0.25) is 0 Å². The van der Waals surface area contributed by atoms with Crippen LogP contribution < -0.4 is 5.76 Å². The molecule has 1 saturated carbocycles. The Hall–Kier alpha value is -2.64. The third-order valence-corrected chi connectivity index (χ3v) is 3.60. The van der Waals surface area contributed by atoms with Crippen LogP contribution in [0.4, 0.5) is 5.69 Å². The molecule has 1 aliphatic rings. The number of hydrogen-bond acceptors (Lipinski definition) is 6. The number of hydrogen-bond donors (Lipinski definition) is 0. The molecule has 8 heteroatoms. The van der Waals surface area contributed by atoms with Gasteiger partial charge in [-0.25, -0.2) is 9.59 Å². The zero-order valence-corrected chi connectivity index (χ0v) is 11.1. The molecule has 0 aliphatic heterocycles. The van der Waals surface area contributed by atoms with Crippen LogP contribution in [-0.4, -0.2) is 22.6 Å². The first-order valence-corrected chi connectivity index (χ1v) is 6.40. The molecule has 0 amide bonds. The zero-order chi connectivity index (χ0) is 15.1. The summed E-state index contributed by atoms with van der Waals surface area (Å²) in [4.78, 5) is 34.3. The molecule has 110 valence electrons. The number of nitro benzene ring substituents is 1. The van der Waals surface area contributed by atoms with Crippen LogP contribution in [-0.2, 0) is 9.53 Å². The first kappa shape index (κ1) is 13.3. The standard InChI is InChI=1S/C13H12N2O6/c1-20-12(16)11(7-2-3-7)14-9-6-8(15(18)19)4-5-10(9)21-13(14)17/h4-7,11H,2-3H2,1H3. The highest BCUT2D eigenvalue weighted by Gasteiger charge is 2.40. The second-order valence-corrected chi connectivity index (χ2v) is 4.95. The van der Waals surface area contributed by atoms with Crippen molar-refractivity contribution in [2.45, 2.75) is 18.9 Å². The van der Waals surface area contributed by atoms with Crippen molar-refractivity contribution in [1.29, 1.82) is 0 Å². The minimum Gasteiger partial charge on any atom is -0.467 e. The van der Waals surface area contributed by atoms with Crippen molar-refractivity contribution in [2.75, 3.05) is 7.11 Å². The molecule has 8 nitrogen and oxygen atoms in total. The molecule has 1 unspecified atom stereocenters. The zero-order valence-electron chi connectivity index (χ0n) is 11.1. The lowest BCUT2D eigenvalue weighted by Gasteiger charge is -2.14. The highest BCUT2D eigenvalue weighted by atomic mass is 16.6. The van der Waals surface area contributed by atoms with E-state index >= 15 is 0 Å². The molecule has 3 rings (SSSR count). The van der Waals surface area contributed by atoms with E-state index in [2.05, 4.69) is 0 Å². The van der Waals surface area contributed by atoms with E-state index in [-0.39, 0.29) is 22.7 Å². The third kappa shape index (κ3) is 2.18. The van der Waals surface area contributed by atoms with Crippen LogP contribution in [0.1, 0.15) is 18.9 Å². The van der Waals surface area contributed by atoms with Gasteiger partial charge in [0.1, 0.15) is 6.04 Å². The van der Waals surface area contributed by atoms with Crippen LogP contribution in [0.5, 0.6) is 0 Å². The molecule has 1 aliphatic carbocycles. The number of carbonyl (C=O) groups excluding carboxylic acids is 1. The Balaban J connectivity index is 2.22. The minimum atomic E-state index is -0.800. The van der Waals surface area contributed by atoms with E-state index in [0.29, 0.717) is 0 Å². The average molecular weight is 292 g/mol. The van der Waals surface area contributed by atoms with Crippen LogP contribution in [0.15, 0.2) is 27.4 Å². The Labute approximate surface area is 118 Å². The fourth-order valence-corrected chi connectivity index (χ4v) is 2.44. The number of oxazole rings is 1. The highest BCUT2D eigenvalue weighted by Crippen LogP contribution is 2.41. The summed E-state index contributed by atoms with van der Waals surface area (Å²) in [6, 6.07) is 3.04. The number of aromatic nitrogens is 1. The number of ether oxygens (including phenoxy) is 1. The SMILES string of the molecule is COC(=O)C(C1CC1)n1c(=O)oc2ccc([N+](=O)[O-])cc21. The van der Waals surface area contributed by atoms with Gasteiger partial charge in [-0.2, -0.15) is 0 Å². The summed E-state index contributed by atoms with van der Waals surface area (Å²) in [5, 5.41) is 10.9. The van der Waals surface area contributed by atoms with Gasteiger partial charge in [-0.1, -0.05) is 0 Å². The van der Waals surface area contributed by atoms with E-state index in [9.17, 15) is 19.7 Å². The van der Waals surface area contributed by atoms with Crippen molar-refractivity contribution < 1.29 is 18.9 Å². The molecular weight excluding hydrogens is 280 g/mol. The van der Waals surface area contributed by atoms with Gasteiger partial charge in [0.05, 0.1) is 17.5 Å². The second-order valence-electron chi connectivity index (χ2n) is 4.95. The maximum atomic E-state index is 12.0. The highest BCUT2D eigenvalue weighted by molar-refractivity contribution is 5.81. The number of fused-ring (bicyclic) bond motifs is 1. The first-order valence-electron chi connectivity index (χ1n) is 6.40. The number of non-ortho nitro benzene ring substituents is 1. The number of methoxy groups -OCH3 is 1. The number of nitro groups is 1. The molecule has 0 spiro atoms. The molecule has 0 bridgehead atoms. The van der Waals surface area contributed by atoms with Gasteiger partial charge >= 0.3 is 11.7 Å². The first-order chi connectivity index (χ1) is 10.0. The second kappa shape index (κ2) is 4.72. The smallest absolute Gasteiger partial charge is 0.420 e. The number of carbonyl (C=O) groups is 1. The summed E-state index contributed by atoms with van der Waals surface area (Å²) in [5.41, 5.74) is 0.271. The Bertz CT molecular complexity index is 786. The number of benzene rings is 1. The molecule has 21 heavy (non-hydrogen) atoms. The summed E-state index contributed by atoms with van der Waals surface area (Å²) < 4.78 is 11.0.